The minimum absolute atomic E-state index is 0.500. The van der Waals surface area contributed by atoms with Gasteiger partial charge in [-0.15, -0.1) is 0 Å². The molecule has 1 aromatic heterocycles. The molecule has 0 bridgehead atoms. The highest BCUT2D eigenvalue weighted by Gasteiger charge is 2.30. The number of nitrogens with zero attached hydrogens (tertiary/aromatic N) is 3. The molecule has 6 heteroatoms. The fourth-order valence-electron chi connectivity index (χ4n) is 4.02. The Morgan fingerprint density at radius 1 is 1.08 bits per heavy atom. The molecule has 0 saturated heterocycles. The zero-order chi connectivity index (χ0) is 18.1. The number of hydrogen-bond acceptors (Lipinski definition) is 3. The highest BCUT2D eigenvalue weighted by atomic mass is 19.4. The minimum Gasteiger partial charge on any atom is -0.297 e. The van der Waals surface area contributed by atoms with Crippen LogP contribution in [0.2, 0.25) is 0 Å². The van der Waals surface area contributed by atoms with Gasteiger partial charge in [0.1, 0.15) is 0 Å². The zero-order valence-electron chi connectivity index (χ0n) is 14.6. The summed E-state index contributed by atoms with van der Waals surface area (Å²) in [5.74, 6) is 1.30. The molecule has 0 amide bonds. The van der Waals surface area contributed by atoms with Gasteiger partial charge in [-0.2, -0.15) is 13.2 Å². The van der Waals surface area contributed by atoms with E-state index in [1.54, 1.807) is 0 Å². The highest BCUT2D eigenvalue weighted by molar-refractivity contribution is 5.56. The molecule has 0 radical (unpaired) electrons. The molecule has 1 fully saturated rings. The summed E-state index contributed by atoms with van der Waals surface area (Å²) in [6.07, 6.45) is 3.78. The van der Waals surface area contributed by atoms with E-state index in [2.05, 4.69) is 14.9 Å². The first-order valence-corrected chi connectivity index (χ1v) is 9.24. The number of fused-ring (bicyclic) bond motifs is 1. The van der Waals surface area contributed by atoms with Crippen molar-refractivity contribution in [3.8, 4) is 11.4 Å². The molecule has 1 aliphatic heterocycles. The maximum atomic E-state index is 12.7. The average Bonchev–Trinajstić information content (AvgIpc) is 3.13. The number of alkyl halides is 3. The molecule has 1 aliphatic carbocycles. The van der Waals surface area contributed by atoms with Crippen LogP contribution in [-0.4, -0.2) is 28.0 Å². The first-order valence-electron chi connectivity index (χ1n) is 9.24. The van der Waals surface area contributed by atoms with Gasteiger partial charge in [0, 0.05) is 31.4 Å². The summed E-state index contributed by atoms with van der Waals surface area (Å²) in [7, 11) is 0. The average molecular weight is 361 g/mol. The summed E-state index contributed by atoms with van der Waals surface area (Å²) in [4.78, 5) is 11.5. The second-order valence-corrected chi connectivity index (χ2v) is 7.38. The standard InChI is InChI=1S/C20H22F3N3/c21-20(22,23)17-7-5-15(6-8-17)19-24-11-16-9-10-26(13-18(16)25-19)12-14-3-1-2-4-14/h5-8,11,14H,1-4,9-10,12-13H2. The molecule has 0 atom stereocenters. The molecular weight excluding hydrogens is 339 g/mol. The van der Waals surface area contributed by atoms with E-state index in [4.69, 9.17) is 0 Å². The summed E-state index contributed by atoms with van der Waals surface area (Å²) < 4.78 is 38.2. The third-order valence-electron chi connectivity index (χ3n) is 5.49. The molecule has 0 N–H and O–H groups in total. The van der Waals surface area contributed by atoms with E-state index in [9.17, 15) is 13.2 Å². The largest absolute Gasteiger partial charge is 0.416 e. The SMILES string of the molecule is FC(F)(F)c1ccc(-c2ncc3c(n2)CN(CC2CCCC2)CC3)cc1. The lowest BCUT2D eigenvalue weighted by Gasteiger charge is -2.30. The van der Waals surface area contributed by atoms with E-state index in [1.165, 1.54) is 37.8 Å². The molecular formula is C20H22F3N3. The molecule has 3 nitrogen and oxygen atoms in total. The monoisotopic (exact) mass is 361 g/mol. The number of benzene rings is 1. The second-order valence-electron chi connectivity index (χ2n) is 7.38. The number of hydrogen-bond donors (Lipinski definition) is 0. The van der Waals surface area contributed by atoms with Gasteiger partial charge < -0.3 is 0 Å². The van der Waals surface area contributed by atoms with Crippen LogP contribution >= 0.6 is 0 Å². The Labute approximate surface area is 151 Å². The van der Waals surface area contributed by atoms with Gasteiger partial charge in [0.25, 0.3) is 0 Å². The van der Waals surface area contributed by atoms with Gasteiger partial charge in [-0.1, -0.05) is 25.0 Å². The van der Waals surface area contributed by atoms with E-state index in [1.807, 2.05) is 6.20 Å². The predicted octanol–water partition coefficient (Wildman–Crippen LogP) is 4.71. The summed E-state index contributed by atoms with van der Waals surface area (Å²) in [6.45, 7) is 2.97. The van der Waals surface area contributed by atoms with E-state index < -0.39 is 11.7 Å². The van der Waals surface area contributed by atoms with Gasteiger partial charge in [-0.05, 0) is 42.9 Å². The second kappa shape index (κ2) is 6.99. The maximum absolute atomic E-state index is 12.7. The summed E-state index contributed by atoms with van der Waals surface area (Å²) in [5, 5.41) is 0. The Hall–Kier alpha value is -1.95. The van der Waals surface area contributed by atoms with Crippen LogP contribution in [0.15, 0.2) is 30.5 Å². The summed E-state index contributed by atoms with van der Waals surface area (Å²) in [6, 6.07) is 5.07. The van der Waals surface area contributed by atoms with Crippen LogP contribution in [0.1, 0.15) is 42.5 Å². The van der Waals surface area contributed by atoms with Crippen molar-refractivity contribution in [3.63, 3.8) is 0 Å². The smallest absolute Gasteiger partial charge is 0.297 e. The van der Waals surface area contributed by atoms with Crippen molar-refractivity contribution in [2.75, 3.05) is 13.1 Å². The Balaban J connectivity index is 1.51. The third kappa shape index (κ3) is 3.75. The Morgan fingerprint density at radius 3 is 2.50 bits per heavy atom. The molecule has 1 aromatic carbocycles. The van der Waals surface area contributed by atoms with Crippen LogP contribution in [-0.2, 0) is 19.1 Å². The minimum atomic E-state index is -4.32. The van der Waals surface area contributed by atoms with Gasteiger partial charge in [0.05, 0.1) is 11.3 Å². The summed E-state index contributed by atoms with van der Waals surface area (Å²) in [5.41, 5.74) is 2.14. The van der Waals surface area contributed by atoms with Crippen molar-refractivity contribution in [1.82, 2.24) is 14.9 Å². The van der Waals surface area contributed by atoms with E-state index in [-0.39, 0.29) is 0 Å². The summed E-state index contributed by atoms with van der Waals surface area (Å²) >= 11 is 0. The van der Waals surface area contributed by atoms with Crippen molar-refractivity contribution in [2.45, 2.75) is 44.8 Å². The molecule has 26 heavy (non-hydrogen) atoms. The molecule has 4 rings (SSSR count). The molecule has 0 unspecified atom stereocenters. The fraction of sp³-hybridized carbons (Fsp3) is 0.500. The molecule has 138 valence electrons. The molecule has 0 spiro atoms. The number of halogens is 3. The van der Waals surface area contributed by atoms with Crippen molar-refractivity contribution in [3.05, 3.63) is 47.3 Å². The van der Waals surface area contributed by atoms with E-state index in [0.29, 0.717) is 11.4 Å². The van der Waals surface area contributed by atoms with Gasteiger partial charge in [0.2, 0.25) is 0 Å². The first kappa shape index (κ1) is 17.5. The topological polar surface area (TPSA) is 29.0 Å². The Kier molecular flexibility index (Phi) is 4.69. The third-order valence-corrected chi connectivity index (χ3v) is 5.49. The van der Waals surface area contributed by atoms with Gasteiger partial charge in [-0.25, -0.2) is 9.97 Å². The van der Waals surface area contributed by atoms with Gasteiger partial charge >= 0.3 is 6.18 Å². The number of aromatic nitrogens is 2. The lowest BCUT2D eigenvalue weighted by atomic mass is 10.0. The highest BCUT2D eigenvalue weighted by Crippen LogP contribution is 2.31. The lowest BCUT2D eigenvalue weighted by molar-refractivity contribution is -0.137. The van der Waals surface area contributed by atoms with Gasteiger partial charge in [0.15, 0.2) is 5.82 Å². The number of rotatable bonds is 3. The van der Waals surface area contributed by atoms with Gasteiger partial charge in [-0.3, -0.25) is 4.90 Å². The quantitative estimate of drug-likeness (QED) is 0.793. The molecule has 1 saturated carbocycles. The Morgan fingerprint density at radius 2 is 1.81 bits per heavy atom. The first-order chi connectivity index (χ1) is 12.5. The van der Waals surface area contributed by atoms with E-state index >= 15 is 0 Å². The lowest BCUT2D eigenvalue weighted by Crippen LogP contribution is -2.34. The molecule has 2 aliphatic rings. The van der Waals surface area contributed by atoms with Crippen molar-refractivity contribution < 1.29 is 13.2 Å². The van der Waals surface area contributed by atoms with Crippen LogP contribution in [0.25, 0.3) is 11.4 Å². The van der Waals surface area contributed by atoms with Crippen molar-refractivity contribution in [2.24, 2.45) is 5.92 Å². The molecule has 2 heterocycles. The Bertz CT molecular complexity index is 765. The van der Waals surface area contributed by atoms with Crippen LogP contribution in [0.4, 0.5) is 13.2 Å². The normalized spacial score (nSPS) is 18.9. The van der Waals surface area contributed by atoms with Crippen LogP contribution in [0.3, 0.4) is 0 Å². The maximum Gasteiger partial charge on any atom is 0.416 e. The molecule has 2 aromatic rings. The van der Waals surface area contributed by atoms with Crippen LogP contribution in [0, 0.1) is 5.92 Å². The van der Waals surface area contributed by atoms with Crippen LogP contribution in [0.5, 0.6) is 0 Å². The van der Waals surface area contributed by atoms with Crippen molar-refractivity contribution >= 4 is 0 Å². The van der Waals surface area contributed by atoms with Crippen molar-refractivity contribution in [1.29, 1.82) is 0 Å². The van der Waals surface area contributed by atoms with E-state index in [0.717, 1.165) is 55.4 Å². The fourth-order valence-corrected chi connectivity index (χ4v) is 4.02. The zero-order valence-corrected chi connectivity index (χ0v) is 14.6. The van der Waals surface area contributed by atoms with Crippen LogP contribution < -0.4 is 0 Å². The predicted molar refractivity (Wildman–Crippen MR) is 93.4 cm³/mol.